The Balaban J connectivity index is 2.66. The topological polar surface area (TPSA) is 20.3 Å². The molecule has 106 valence electrons. The molecule has 0 heterocycles. The predicted octanol–water partition coefficient (Wildman–Crippen LogP) is 3.91. The lowest BCUT2D eigenvalue weighted by molar-refractivity contribution is 0.0894. The van der Waals surface area contributed by atoms with Crippen molar-refractivity contribution < 1.29 is 9.18 Å². The summed E-state index contributed by atoms with van der Waals surface area (Å²) in [6, 6.07) is 6.20. The summed E-state index contributed by atoms with van der Waals surface area (Å²) in [6.07, 6.45) is 3.25. The molecule has 1 aromatic carbocycles. The highest BCUT2D eigenvalue weighted by molar-refractivity contribution is 5.97. The average Bonchev–Trinajstić information content (AvgIpc) is 2.43. The molecule has 0 spiro atoms. The number of hydrogen-bond donors (Lipinski definition) is 0. The molecule has 19 heavy (non-hydrogen) atoms. The van der Waals surface area contributed by atoms with Gasteiger partial charge in [0.05, 0.1) is 6.54 Å². The SMILES string of the molecule is CCCCN(CC(=O)c1ccc(F)cc1)C(C)CC. The van der Waals surface area contributed by atoms with E-state index in [0.29, 0.717) is 18.2 Å². The van der Waals surface area contributed by atoms with Crippen LogP contribution in [0.5, 0.6) is 0 Å². The molecule has 0 aliphatic heterocycles. The minimum atomic E-state index is -0.304. The summed E-state index contributed by atoms with van der Waals surface area (Å²) < 4.78 is 12.8. The van der Waals surface area contributed by atoms with E-state index in [0.717, 1.165) is 25.8 Å². The van der Waals surface area contributed by atoms with Crippen molar-refractivity contribution in [1.82, 2.24) is 4.90 Å². The van der Waals surface area contributed by atoms with Crippen LogP contribution in [0.25, 0.3) is 0 Å². The standard InChI is InChI=1S/C16H24FNO/c1-4-6-11-18(13(3)5-2)12-16(19)14-7-9-15(17)10-8-14/h7-10,13H,4-6,11-12H2,1-3H3. The van der Waals surface area contributed by atoms with Crippen LogP contribution in [0.15, 0.2) is 24.3 Å². The minimum absolute atomic E-state index is 0.0661. The number of benzene rings is 1. The van der Waals surface area contributed by atoms with Crippen molar-refractivity contribution in [2.24, 2.45) is 0 Å². The summed E-state index contributed by atoms with van der Waals surface area (Å²) in [5.41, 5.74) is 0.589. The first-order valence-corrected chi connectivity index (χ1v) is 7.11. The van der Waals surface area contributed by atoms with Crippen LogP contribution in [-0.2, 0) is 0 Å². The first-order valence-electron chi connectivity index (χ1n) is 7.11. The van der Waals surface area contributed by atoms with Gasteiger partial charge in [-0.05, 0) is 50.6 Å². The van der Waals surface area contributed by atoms with E-state index in [9.17, 15) is 9.18 Å². The summed E-state index contributed by atoms with van der Waals surface area (Å²) in [4.78, 5) is 14.4. The highest BCUT2D eigenvalue weighted by Crippen LogP contribution is 2.09. The molecule has 0 saturated heterocycles. The quantitative estimate of drug-likeness (QED) is 0.664. The lowest BCUT2D eigenvalue weighted by Gasteiger charge is -2.27. The predicted molar refractivity (Wildman–Crippen MR) is 77.0 cm³/mol. The molecule has 0 aromatic heterocycles. The highest BCUT2D eigenvalue weighted by Gasteiger charge is 2.16. The third kappa shape index (κ3) is 5.11. The van der Waals surface area contributed by atoms with Crippen molar-refractivity contribution in [2.45, 2.75) is 46.1 Å². The maximum absolute atomic E-state index is 12.8. The molecule has 2 nitrogen and oxygen atoms in total. The molecule has 0 N–H and O–H groups in total. The Morgan fingerprint density at radius 2 is 1.89 bits per heavy atom. The smallest absolute Gasteiger partial charge is 0.176 e. The molecule has 1 aromatic rings. The normalized spacial score (nSPS) is 12.7. The van der Waals surface area contributed by atoms with Crippen molar-refractivity contribution >= 4 is 5.78 Å². The number of carbonyl (C=O) groups excluding carboxylic acids is 1. The fraction of sp³-hybridized carbons (Fsp3) is 0.562. The van der Waals surface area contributed by atoms with Crippen LogP contribution >= 0.6 is 0 Å². The van der Waals surface area contributed by atoms with E-state index in [1.807, 2.05) is 0 Å². The van der Waals surface area contributed by atoms with Crippen LogP contribution in [-0.4, -0.2) is 29.8 Å². The lowest BCUT2D eigenvalue weighted by atomic mass is 10.1. The van der Waals surface area contributed by atoms with Gasteiger partial charge in [0.25, 0.3) is 0 Å². The van der Waals surface area contributed by atoms with Gasteiger partial charge in [0.1, 0.15) is 5.82 Å². The third-order valence-corrected chi connectivity index (χ3v) is 3.53. The number of carbonyl (C=O) groups is 1. The molecule has 0 fully saturated rings. The van der Waals surface area contributed by atoms with Gasteiger partial charge in [-0.3, -0.25) is 9.69 Å². The molecular weight excluding hydrogens is 241 g/mol. The Hall–Kier alpha value is -1.22. The van der Waals surface area contributed by atoms with Gasteiger partial charge in [0.15, 0.2) is 5.78 Å². The molecule has 1 unspecified atom stereocenters. The number of nitrogens with zero attached hydrogens (tertiary/aromatic N) is 1. The van der Waals surface area contributed by atoms with Crippen molar-refractivity contribution in [3.8, 4) is 0 Å². The van der Waals surface area contributed by atoms with E-state index in [1.165, 1.54) is 12.1 Å². The summed E-state index contributed by atoms with van der Waals surface area (Å²) in [5, 5.41) is 0. The van der Waals surface area contributed by atoms with Gasteiger partial charge in [-0.25, -0.2) is 4.39 Å². The Labute approximate surface area is 115 Å². The monoisotopic (exact) mass is 265 g/mol. The molecule has 1 rings (SSSR count). The molecule has 0 bridgehead atoms. The van der Waals surface area contributed by atoms with E-state index >= 15 is 0 Å². The summed E-state index contributed by atoms with van der Waals surface area (Å²) in [5.74, 6) is -0.238. The molecule has 3 heteroatoms. The zero-order valence-corrected chi connectivity index (χ0v) is 12.2. The number of ketones is 1. The molecule has 0 saturated carbocycles. The van der Waals surface area contributed by atoms with E-state index in [4.69, 9.17) is 0 Å². The number of rotatable bonds is 8. The summed E-state index contributed by atoms with van der Waals surface area (Å²) in [6.45, 7) is 7.79. The second-order valence-corrected chi connectivity index (χ2v) is 5.01. The Morgan fingerprint density at radius 3 is 2.42 bits per heavy atom. The maximum Gasteiger partial charge on any atom is 0.176 e. The fourth-order valence-corrected chi connectivity index (χ4v) is 1.99. The molecule has 0 radical (unpaired) electrons. The van der Waals surface area contributed by atoms with Gasteiger partial charge in [-0.15, -0.1) is 0 Å². The van der Waals surface area contributed by atoms with Crippen molar-refractivity contribution in [3.05, 3.63) is 35.6 Å². The van der Waals surface area contributed by atoms with Crippen molar-refractivity contribution in [1.29, 1.82) is 0 Å². The van der Waals surface area contributed by atoms with E-state index in [2.05, 4.69) is 25.7 Å². The molecule has 0 aliphatic carbocycles. The Morgan fingerprint density at radius 1 is 1.26 bits per heavy atom. The van der Waals surface area contributed by atoms with Crippen molar-refractivity contribution in [3.63, 3.8) is 0 Å². The highest BCUT2D eigenvalue weighted by atomic mass is 19.1. The summed E-state index contributed by atoms with van der Waals surface area (Å²) >= 11 is 0. The maximum atomic E-state index is 12.8. The molecule has 1 atom stereocenters. The second kappa shape index (κ2) is 8.05. The molecular formula is C16H24FNO. The van der Waals surface area contributed by atoms with E-state index < -0.39 is 0 Å². The van der Waals surface area contributed by atoms with Gasteiger partial charge in [-0.2, -0.15) is 0 Å². The average molecular weight is 265 g/mol. The Bertz CT molecular complexity index is 388. The molecule has 0 aliphatic rings. The van der Waals surface area contributed by atoms with E-state index in [-0.39, 0.29) is 11.6 Å². The number of halogens is 1. The number of Topliss-reactive ketones (excluding diaryl/α,β-unsaturated/α-hetero) is 1. The van der Waals surface area contributed by atoms with Gasteiger partial charge < -0.3 is 0 Å². The van der Waals surface area contributed by atoms with Gasteiger partial charge in [0, 0.05) is 11.6 Å². The summed E-state index contributed by atoms with van der Waals surface area (Å²) in [7, 11) is 0. The minimum Gasteiger partial charge on any atom is -0.293 e. The third-order valence-electron chi connectivity index (χ3n) is 3.53. The van der Waals surface area contributed by atoms with Crippen molar-refractivity contribution in [2.75, 3.05) is 13.1 Å². The van der Waals surface area contributed by atoms with E-state index in [1.54, 1.807) is 12.1 Å². The van der Waals surface area contributed by atoms with Gasteiger partial charge in [0.2, 0.25) is 0 Å². The van der Waals surface area contributed by atoms with Gasteiger partial charge >= 0.3 is 0 Å². The number of hydrogen-bond acceptors (Lipinski definition) is 2. The number of unbranched alkanes of at least 4 members (excludes halogenated alkanes) is 1. The van der Waals surface area contributed by atoms with Crippen LogP contribution in [0.3, 0.4) is 0 Å². The first kappa shape index (κ1) is 15.8. The zero-order valence-electron chi connectivity index (χ0n) is 12.2. The van der Waals surface area contributed by atoms with Gasteiger partial charge in [-0.1, -0.05) is 20.3 Å². The lowest BCUT2D eigenvalue weighted by Crippen LogP contribution is -2.37. The van der Waals surface area contributed by atoms with Crippen LogP contribution in [0.1, 0.15) is 50.4 Å². The van der Waals surface area contributed by atoms with Crippen LogP contribution in [0.4, 0.5) is 4.39 Å². The van der Waals surface area contributed by atoms with Crippen LogP contribution < -0.4 is 0 Å². The van der Waals surface area contributed by atoms with Crippen LogP contribution in [0, 0.1) is 5.82 Å². The molecule has 0 amide bonds. The second-order valence-electron chi connectivity index (χ2n) is 5.01. The zero-order chi connectivity index (χ0) is 14.3. The van der Waals surface area contributed by atoms with Crippen LogP contribution in [0.2, 0.25) is 0 Å². The largest absolute Gasteiger partial charge is 0.293 e. The fourth-order valence-electron chi connectivity index (χ4n) is 1.99. The first-order chi connectivity index (χ1) is 9.08. The Kier molecular flexibility index (Phi) is 6.71.